The second kappa shape index (κ2) is 3.12. The Kier molecular flexibility index (Phi) is 1.90. The van der Waals surface area contributed by atoms with Crippen LogP contribution in [0.5, 0.6) is 0 Å². The van der Waals surface area contributed by atoms with Gasteiger partial charge in [-0.1, -0.05) is 0 Å². The average Bonchev–Trinajstić information content (AvgIpc) is 2.75. The number of rotatable bonds is 0. The van der Waals surface area contributed by atoms with Crippen LogP contribution in [0, 0.1) is 0 Å². The van der Waals surface area contributed by atoms with Crippen molar-refractivity contribution in [3.63, 3.8) is 0 Å². The van der Waals surface area contributed by atoms with Crippen molar-refractivity contribution in [1.82, 2.24) is 14.7 Å². The lowest BCUT2D eigenvalue weighted by Crippen LogP contribution is -2.39. The van der Waals surface area contributed by atoms with E-state index in [1.807, 2.05) is 0 Å². The van der Waals surface area contributed by atoms with Gasteiger partial charge in [-0.25, -0.2) is 0 Å². The maximum absolute atomic E-state index is 4.57. The number of fused-ring (bicyclic) bond motifs is 1. The number of hydrogen-bond donors (Lipinski definition) is 0. The molecule has 3 rings (SSSR count). The van der Waals surface area contributed by atoms with E-state index in [0.29, 0.717) is 0 Å². The van der Waals surface area contributed by atoms with Crippen LogP contribution in [0.1, 0.15) is 12.8 Å². The molecule has 0 amide bonds. The largest absolute Gasteiger partial charge is 0.344 e. The summed E-state index contributed by atoms with van der Waals surface area (Å²) >= 11 is 0. The molecule has 0 bridgehead atoms. The van der Waals surface area contributed by atoms with Gasteiger partial charge in [0.1, 0.15) is 0 Å². The molecule has 4 heteroatoms. The maximum atomic E-state index is 4.57. The molecule has 2 fully saturated rings. The van der Waals surface area contributed by atoms with Crippen molar-refractivity contribution in [3.05, 3.63) is 0 Å². The highest BCUT2D eigenvalue weighted by atomic mass is 15.5. The van der Waals surface area contributed by atoms with Crippen molar-refractivity contribution >= 4 is 5.96 Å². The van der Waals surface area contributed by atoms with Crippen molar-refractivity contribution in [2.45, 2.75) is 18.9 Å². The zero-order valence-electron chi connectivity index (χ0n) is 8.82. The minimum Gasteiger partial charge on any atom is -0.344 e. The summed E-state index contributed by atoms with van der Waals surface area (Å²) < 4.78 is 0. The lowest BCUT2D eigenvalue weighted by Gasteiger charge is -2.24. The Bertz CT molecular complexity index is 251. The second-order valence-electron chi connectivity index (χ2n) is 4.58. The fraction of sp³-hybridized carbons (Fsp3) is 0.900. The van der Waals surface area contributed by atoms with E-state index in [1.165, 1.54) is 31.9 Å². The molecule has 0 spiro atoms. The van der Waals surface area contributed by atoms with Crippen LogP contribution in [0.4, 0.5) is 0 Å². The maximum Gasteiger partial charge on any atom is 0.197 e. The molecule has 3 aliphatic rings. The number of aliphatic imine (C=N–C) groups is 1. The monoisotopic (exact) mass is 194 g/mol. The SMILES string of the molecule is CN1CCN=C1N1C[C@@H]2CCCN2C1. The molecular formula is C10H18N4. The summed E-state index contributed by atoms with van der Waals surface area (Å²) in [5.41, 5.74) is 0. The number of nitrogens with zero attached hydrogens (tertiary/aromatic N) is 4. The highest BCUT2D eigenvalue weighted by molar-refractivity contribution is 5.81. The molecule has 0 saturated carbocycles. The van der Waals surface area contributed by atoms with Gasteiger partial charge in [-0.2, -0.15) is 0 Å². The number of guanidine groups is 1. The standard InChI is InChI=1S/C10H18N4/c1-12-6-4-11-10(12)14-7-9-3-2-5-13(9)8-14/h9H,2-8H2,1H3/t9-/m0/s1. The number of likely N-dealkylation sites (N-methyl/N-ethyl adjacent to an activating group) is 1. The molecule has 0 aromatic rings. The smallest absolute Gasteiger partial charge is 0.197 e. The van der Waals surface area contributed by atoms with Crippen LogP contribution in [-0.2, 0) is 0 Å². The van der Waals surface area contributed by atoms with Crippen LogP contribution in [-0.4, -0.2) is 66.6 Å². The fourth-order valence-electron chi connectivity index (χ4n) is 2.83. The zero-order valence-corrected chi connectivity index (χ0v) is 8.82. The summed E-state index contributed by atoms with van der Waals surface area (Å²) in [4.78, 5) is 11.9. The van der Waals surface area contributed by atoms with Gasteiger partial charge in [0.2, 0.25) is 0 Å². The van der Waals surface area contributed by atoms with Crippen molar-refractivity contribution in [3.8, 4) is 0 Å². The molecule has 0 aromatic heterocycles. The quantitative estimate of drug-likeness (QED) is 0.543. The van der Waals surface area contributed by atoms with Gasteiger partial charge in [0.05, 0.1) is 13.2 Å². The summed E-state index contributed by atoms with van der Waals surface area (Å²) in [5, 5.41) is 0. The molecule has 2 saturated heterocycles. The highest BCUT2D eigenvalue weighted by Gasteiger charge is 2.36. The van der Waals surface area contributed by atoms with E-state index >= 15 is 0 Å². The molecular weight excluding hydrogens is 176 g/mol. The van der Waals surface area contributed by atoms with Crippen LogP contribution in [0.3, 0.4) is 0 Å². The van der Waals surface area contributed by atoms with Gasteiger partial charge < -0.3 is 9.80 Å². The first-order valence-electron chi connectivity index (χ1n) is 5.59. The first-order valence-corrected chi connectivity index (χ1v) is 5.59. The van der Waals surface area contributed by atoms with Crippen molar-refractivity contribution in [2.24, 2.45) is 4.99 Å². The van der Waals surface area contributed by atoms with Gasteiger partial charge in [-0.15, -0.1) is 0 Å². The molecule has 0 unspecified atom stereocenters. The molecule has 14 heavy (non-hydrogen) atoms. The van der Waals surface area contributed by atoms with E-state index in [0.717, 1.165) is 25.8 Å². The third-order valence-corrected chi connectivity index (χ3v) is 3.60. The van der Waals surface area contributed by atoms with Crippen LogP contribution < -0.4 is 0 Å². The van der Waals surface area contributed by atoms with Crippen LogP contribution in [0.15, 0.2) is 4.99 Å². The van der Waals surface area contributed by atoms with E-state index in [-0.39, 0.29) is 0 Å². The molecule has 0 aliphatic carbocycles. The lowest BCUT2D eigenvalue weighted by molar-refractivity contribution is 0.294. The average molecular weight is 194 g/mol. The molecule has 0 N–H and O–H groups in total. The summed E-state index contributed by atoms with van der Waals surface area (Å²) in [6.07, 6.45) is 2.77. The minimum absolute atomic E-state index is 0.812. The first kappa shape index (κ1) is 8.53. The van der Waals surface area contributed by atoms with Crippen LogP contribution >= 0.6 is 0 Å². The Hall–Kier alpha value is -0.770. The van der Waals surface area contributed by atoms with Gasteiger partial charge in [0.25, 0.3) is 0 Å². The molecule has 3 heterocycles. The molecule has 3 aliphatic heterocycles. The third-order valence-electron chi connectivity index (χ3n) is 3.60. The Balaban J connectivity index is 1.71. The number of hydrogen-bond acceptors (Lipinski definition) is 4. The topological polar surface area (TPSA) is 22.1 Å². The lowest BCUT2D eigenvalue weighted by atomic mass is 10.2. The van der Waals surface area contributed by atoms with Crippen molar-refractivity contribution < 1.29 is 0 Å². The summed E-state index contributed by atoms with van der Waals surface area (Å²) in [6, 6.07) is 0.812. The van der Waals surface area contributed by atoms with Crippen LogP contribution in [0.2, 0.25) is 0 Å². The normalized spacial score (nSPS) is 32.6. The van der Waals surface area contributed by atoms with E-state index in [9.17, 15) is 0 Å². The molecule has 0 radical (unpaired) electrons. The second-order valence-corrected chi connectivity index (χ2v) is 4.58. The Morgan fingerprint density at radius 2 is 2.29 bits per heavy atom. The fourth-order valence-corrected chi connectivity index (χ4v) is 2.83. The predicted octanol–water partition coefficient (Wildman–Crippen LogP) is 0.0253. The molecule has 1 atom stereocenters. The van der Waals surface area contributed by atoms with E-state index in [1.54, 1.807) is 0 Å². The van der Waals surface area contributed by atoms with Crippen LogP contribution in [0.25, 0.3) is 0 Å². The Morgan fingerprint density at radius 3 is 3.00 bits per heavy atom. The van der Waals surface area contributed by atoms with E-state index in [4.69, 9.17) is 0 Å². The van der Waals surface area contributed by atoms with Gasteiger partial charge in [-0.05, 0) is 12.8 Å². The van der Waals surface area contributed by atoms with Crippen molar-refractivity contribution in [2.75, 3.05) is 39.9 Å². The minimum atomic E-state index is 0.812. The van der Waals surface area contributed by atoms with Gasteiger partial charge in [-0.3, -0.25) is 9.89 Å². The molecule has 78 valence electrons. The molecule has 0 aromatic carbocycles. The summed E-state index contributed by atoms with van der Waals surface area (Å²) in [7, 11) is 2.15. The van der Waals surface area contributed by atoms with Crippen molar-refractivity contribution in [1.29, 1.82) is 0 Å². The zero-order chi connectivity index (χ0) is 9.54. The Labute approximate surface area is 85.2 Å². The van der Waals surface area contributed by atoms with E-state index in [2.05, 4.69) is 26.7 Å². The van der Waals surface area contributed by atoms with E-state index < -0.39 is 0 Å². The van der Waals surface area contributed by atoms with Gasteiger partial charge >= 0.3 is 0 Å². The molecule has 4 nitrogen and oxygen atoms in total. The summed E-state index contributed by atoms with van der Waals surface area (Å²) in [6.45, 7) is 5.67. The van der Waals surface area contributed by atoms with Gasteiger partial charge in [0.15, 0.2) is 5.96 Å². The third kappa shape index (κ3) is 1.21. The first-order chi connectivity index (χ1) is 6.84. The highest BCUT2D eigenvalue weighted by Crippen LogP contribution is 2.25. The predicted molar refractivity (Wildman–Crippen MR) is 56.2 cm³/mol. The Morgan fingerprint density at radius 1 is 1.36 bits per heavy atom. The summed E-state index contributed by atoms with van der Waals surface area (Å²) in [5.74, 6) is 1.22. The van der Waals surface area contributed by atoms with Gasteiger partial charge in [0, 0.05) is 32.7 Å².